The lowest BCUT2D eigenvalue weighted by Crippen LogP contribution is -2.38. The van der Waals surface area contributed by atoms with Crippen molar-refractivity contribution in [2.75, 3.05) is 0 Å². The second-order valence-electron chi connectivity index (χ2n) is 4.39. The summed E-state index contributed by atoms with van der Waals surface area (Å²) in [5.74, 6) is -5.44. The Balaban J connectivity index is 2.68. The first kappa shape index (κ1) is 12.7. The third kappa shape index (κ3) is 3.61. The van der Waals surface area contributed by atoms with Crippen molar-refractivity contribution in [3.63, 3.8) is 0 Å². The van der Waals surface area contributed by atoms with Crippen molar-refractivity contribution in [1.82, 2.24) is 0 Å². The summed E-state index contributed by atoms with van der Waals surface area (Å²) < 4.78 is 63.2. The van der Waals surface area contributed by atoms with Gasteiger partial charge in [0.1, 0.15) is 0 Å². The third-order valence-electron chi connectivity index (χ3n) is 2.91. The monoisotopic (exact) mass is 230 g/mol. The minimum Gasteiger partial charge on any atom is -0.207 e. The Kier molecular flexibility index (Phi) is 3.61. The molecule has 0 N–H and O–H groups in total. The van der Waals surface area contributed by atoms with Crippen molar-refractivity contribution in [2.24, 2.45) is 11.8 Å². The summed E-state index contributed by atoms with van der Waals surface area (Å²) >= 11 is 0. The first-order valence-corrected chi connectivity index (χ1v) is 5.19. The fourth-order valence-corrected chi connectivity index (χ4v) is 2.31. The molecule has 1 aliphatic carbocycles. The second-order valence-corrected chi connectivity index (χ2v) is 4.39. The van der Waals surface area contributed by atoms with Gasteiger partial charge in [0.15, 0.2) is 0 Å². The third-order valence-corrected chi connectivity index (χ3v) is 2.91. The summed E-state index contributed by atoms with van der Waals surface area (Å²) in [6, 6.07) is 0. The molecule has 0 unspecified atom stereocenters. The topological polar surface area (TPSA) is 0 Å². The number of hydrogen-bond acceptors (Lipinski definition) is 0. The van der Waals surface area contributed by atoms with E-state index in [2.05, 4.69) is 0 Å². The molecule has 0 aromatic heterocycles. The molecule has 0 amide bonds. The molecule has 0 nitrogen and oxygen atoms in total. The van der Waals surface area contributed by atoms with Crippen LogP contribution in [0.4, 0.5) is 22.0 Å². The molecule has 0 spiro atoms. The zero-order chi connectivity index (χ0) is 11.7. The predicted molar refractivity (Wildman–Crippen MR) is 46.7 cm³/mol. The molecule has 0 bridgehead atoms. The zero-order valence-electron chi connectivity index (χ0n) is 8.58. The average molecular weight is 230 g/mol. The Labute approximate surface area is 85.8 Å². The van der Waals surface area contributed by atoms with Crippen LogP contribution in [0.5, 0.6) is 0 Å². The molecule has 90 valence electrons. The summed E-state index contributed by atoms with van der Waals surface area (Å²) in [7, 11) is 0. The van der Waals surface area contributed by atoms with Gasteiger partial charge >= 0.3 is 6.18 Å². The summed E-state index contributed by atoms with van der Waals surface area (Å²) in [5, 5.41) is 0. The highest BCUT2D eigenvalue weighted by Gasteiger charge is 2.50. The first-order chi connectivity index (χ1) is 6.74. The fraction of sp³-hybridized carbons (Fsp3) is 1.00. The summed E-state index contributed by atoms with van der Waals surface area (Å²) in [5.41, 5.74) is 0. The second kappa shape index (κ2) is 4.26. The van der Waals surface area contributed by atoms with Crippen LogP contribution in [-0.2, 0) is 0 Å². The molecule has 0 heterocycles. The van der Waals surface area contributed by atoms with Gasteiger partial charge in [-0.2, -0.15) is 13.2 Å². The van der Waals surface area contributed by atoms with E-state index in [4.69, 9.17) is 0 Å². The zero-order valence-corrected chi connectivity index (χ0v) is 8.58. The molecule has 0 aromatic rings. The molecule has 1 fully saturated rings. The van der Waals surface area contributed by atoms with E-state index in [1.807, 2.05) is 0 Å². The Morgan fingerprint density at radius 2 is 1.80 bits per heavy atom. The van der Waals surface area contributed by atoms with Crippen LogP contribution in [0.15, 0.2) is 0 Å². The van der Waals surface area contributed by atoms with E-state index in [0.29, 0.717) is 12.8 Å². The number of rotatable bonds is 2. The predicted octanol–water partition coefficient (Wildman–Crippen LogP) is 4.40. The summed E-state index contributed by atoms with van der Waals surface area (Å²) in [6.45, 7) is 1.80. The van der Waals surface area contributed by atoms with Crippen molar-refractivity contribution in [3.05, 3.63) is 0 Å². The molecular formula is C10H15F5. The molecule has 0 saturated heterocycles. The van der Waals surface area contributed by atoms with Crippen molar-refractivity contribution in [2.45, 2.75) is 51.1 Å². The maximum atomic E-state index is 13.1. The smallest absolute Gasteiger partial charge is 0.207 e. The molecule has 1 saturated carbocycles. The van der Waals surface area contributed by atoms with Crippen LogP contribution in [0.1, 0.15) is 39.0 Å². The number of hydrogen-bond donors (Lipinski definition) is 0. The average Bonchev–Trinajstić information content (AvgIpc) is 1.99. The van der Waals surface area contributed by atoms with E-state index in [1.165, 1.54) is 0 Å². The normalized spacial score (nSPS) is 31.6. The highest BCUT2D eigenvalue weighted by molar-refractivity contribution is 4.86. The van der Waals surface area contributed by atoms with Crippen LogP contribution in [0.3, 0.4) is 0 Å². The van der Waals surface area contributed by atoms with Gasteiger partial charge in [-0.05, 0) is 12.3 Å². The van der Waals surface area contributed by atoms with E-state index >= 15 is 0 Å². The van der Waals surface area contributed by atoms with Gasteiger partial charge in [0.05, 0.1) is 5.92 Å². The molecule has 5 heteroatoms. The van der Waals surface area contributed by atoms with Crippen LogP contribution >= 0.6 is 0 Å². The van der Waals surface area contributed by atoms with E-state index in [0.717, 1.165) is 0 Å². The van der Waals surface area contributed by atoms with Crippen LogP contribution in [0, 0.1) is 11.8 Å². The summed E-state index contributed by atoms with van der Waals surface area (Å²) in [6.07, 6.45) is -4.90. The van der Waals surface area contributed by atoms with E-state index < -0.39 is 30.4 Å². The molecule has 0 radical (unpaired) electrons. The molecule has 2 atom stereocenters. The van der Waals surface area contributed by atoms with Crippen molar-refractivity contribution >= 4 is 0 Å². The van der Waals surface area contributed by atoms with Crippen molar-refractivity contribution < 1.29 is 22.0 Å². The van der Waals surface area contributed by atoms with Crippen LogP contribution in [0.2, 0.25) is 0 Å². The van der Waals surface area contributed by atoms with Crippen LogP contribution in [-0.4, -0.2) is 12.1 Å². The first-order valence-electron chi connectivity index (χ1n) is 5.19. The molecular weight excluding hydrogens is 215 g/mol. The van der Waals surface area contributed by atoms with E-state index in [-0.39, 0.29) is 12.8 Å². The van der Waals surface area contributed by atoms with Crippen LogP contribution < -0.4 is 0 Å². The quantitative estimate of drug-likeness (QED) is 0.617. The minimum atomic E-state index is -4.48. The number of halogens is 5. The fourth-order valence-electron chi connectivity index (χ4n) is 2.31. The van der Waals surface area contributed by atoms with Gasteiger partial charge in [0.2, 0.25) is 5.92 Å². The van der Waals surface area contributed by atoms with E-state index in [1.54, 1.807) is 6.92 Å². The highest BCUT2D eigenvalue weighted by Crippen LogP contribution is 2.47. The van der Waals surface area contributed by atoms with Gasteiger partial charge in [0.25, 0.3) is 0 Å². The Morgan fingerprint density at radius 1 is 1.20 bits per heavy atom. The van der Waals surface area contributed by atoms with E-state index in [9.17, 15) is 22.0 Å². The molecule has 1 rings (SSSR count). The maximum absolute atomic E-state index is 13.1. The Morgan fingerprint density at radius 3 is 2.27 bits per heavy atom. The highest BCUT2D eigenvalue weighted by atomic mass is 19.4. The van der Waals surface area contributed by atoms with Gasteiger partial charge in [-0.15, -0.1) is 0 Å². The molecule has 1 aliphatic rings. The molecule has 15 heavy (non-hydrogen) atoms. The lowest BCUT2D eigenvalue weighted by molar-refractivity contribution is -0.214. The standard InChI is InChI=1S/C10H15F5/c1-2-3-7-4-8(10(13,14)15)6-9(11,12)5-7/h7-8H,2-6H2,1H3/t7-,8+/m0/s1. The van der Waals surface area contributed by atoms with Gasteiger partial charge in [-0.1, -0.05) is 19.8 Å². The maximum Gasteiger partial charge on any atom is 0.392 e. The lowest BCUT2D eigenvalue weighted by Gasteiger charge is -2.35. The van der Waals surface area contributed by atoms with Crippen molar-refractivity contribution in [1.29, 1.82) is 0 Å². The van der Waals surface area contributed by atoms with Crippen molar-refractivity contribution in [3.8, 4) is 0 Å². The Bertz CT molecular complexity index is 208. The van der Waals surface area contributed by atoms with Gasteiger partial charge in [-0.25, -0.2) is 8.78 Å². The van der Waals surface area contributed by atoms with Gasteiger partial charge in [0, 0.05) is 12.8 Å². The van der Waals surface area contributed by atoms with Gasteiger partial charge < -0.3 is 0 Å². The SMILES string of the molecule is CCC[C@H]1C[C@@H](C(F)(F)F)CC(F)(F)C1. The molecule has 0 aliphatic heterocycles. The van der Waals surface area contributed by atoms with Crippen LogP contribution in [0.25, 0.3) is 0 Å². The van der Waals surface area contributed by atoms with Gasteiger partial charge in [-0.3, -0.25) is 0 Å². The lowest BCUT2D eigenvalue weighted by atomic mass is 9.77. The Hall–Kier alpha value is -0.350. The largest absolute Gasteiger partial charge is 0.392 e. The number of alkyl halides is 5. The molecule has 0 aromatic carbocycles. The summed E-state index contributed by atoms with van der Waals surface area (Å²) in [4.78, 5) is 0. The minimum absolute atomic E-state index is 0.132.